The highest BCUT2D eigenvalue weighted by atomic mass is 79.9. The van der Waals surface area contributed by atoms with Crippen LogP contribution in [0.1, 0.15) is 43.7 Å². The van der Waals surface area contributed by atoms with Gasteiger partial charge in [0.2, 0.25) is 0 Å². The Bertz CT molecular complexity index is 522. The van der Waals surface area contributed by atoms with Crippen LogP contribution >= 0.6 is 15.9 Å². The SMILES string of the molecule is Brc1ccc2c(c1)C(NC1CCN3CCCCC13)CCO2. The van der Waals surface area contributed by atoms with Gasteiger partial charge in [-0.25, -0.2) is 0 Å². The monoisotopic (exact) mass is 350 g/mol. The zero-order chi connectivity index (χ0) is 14.2. The molecule has 3 aliphatic heterocycles. The second-order valence-corrected chi connectivity index (χ2v) is 7.45. The average Bonchev–Trinajstić information content (AvgIpc) is 2.91. The van der Waals surface area contributed by atoms with Crippen molar-refractivity contribution in [3.63, 3.8) is 0 Å². The summed E-state index contributed by atoms with van der Waals surface area (Å²) in [5.74, 6) is 1.06. The largest absolute Gasteiger partial charge is 0.493 e. The van der Waals surface area contributed by atoms with Crippen LogP contribution in [-0.2, 0) is 0 Å². The Morgan fingerprint density at radius 2 is 2.10 bits per heavy atom. The van der Waals surface area contributed by atoms with Crippen LogP contribution < -0.4 is 10.1 Å². The Morgan fingerprint density at radius 3 is 3.05 bits per heavy atom. The van der Waals surface area contributed by atoms with Gasteiger partial charge in [0.25, 0.3) is 0 Å². The summed E-state index contributed by atoms with van der Waals surface area (Å²) in [7, 11) is 0. The van der Waals surface area contributed by atoms with E-state index in [-0.39, 0.29) is 0 Å². The molecule has 4 heteroatoms. The van der Waals surface area contributed by atoms with Crippen LogP contribution in [0, 0.1) is 0 Å². The van der Waals surface area contributed by atoms with E-state index in [1.807, 2.05) is 0 Å². The van der Waals surface area contributed by atoms with Gasteiger partial charge in [-0.3, -0.25) is 4.90 Å². The van der Waals surface area contributed by atoms with Gasteiger partial charge in [-0.05, 0) is 44.0 Å². The van der Waals surface area contributed by atoms with E-state index in [1.165, 1.54) is 44.3 Å². The van der Waals surface area contributed by atoms with Crippen molar-refractivity contribution >= 4 is 15.9 Å². The Morgan fingerprint density at radius 1 is 1.14 bits per heavy atom. The number of halogens is 1. The maximum atomic E-state index is 5.81. The maximum absolute atomic E-state index is 5.81. The van der Waals surface area contributed by atoms with Crippen molar-refractivity contribution in [2.24, 2.45) is 0 Å². The summed E-state index contributed by atoms with van der Waals surface area (Å²) in [5.41, 5.74) is 1.32. The Kier molecular flexibility index (Phi) is 3.94. The molecule has 3 unspecified atom stereocenters. The lowest BCUT2D eigenvalue weighted by atomic mass is 9.95. The molecule has 114 valence electrons. The van der Waals surface area contributed by atoms with Gasteiger partial charge in [-0.15, -0.1) is 0 Å². The van der Waals surface area contributed by atoms with E-state index in [4.69, 9.17) is 4.74 Å². The van der Waals surface area contributed by atoms with E-state index in [1.54, 1.807) is 0 Å². The third-order valence-electron chi connectivity index (χ3n) is 5.28. The molecule has 3 atom stereocenters. The lowest BCUT2D eigenvalue weighted by Crippen LogP contribution is -2.46. The van der Waals surface area contributed by atoms with Gasteiger partial charge in [0.15, 0.2) is 0 Å². The van der Waals surface area contributed by atoms with Crippen LogP contribution in [0.4, 0.5) is 0 Å². The fourth-order valence-corrected chi connectivity index (χ4v) is 4.62. The van der Waals surface area contributed by atoms with Crippen molar-refractivity contribution in [1.82, 2.24) is 10.2 Å². The molecule has 4 rings (SSSR count). The summed E-state index contributed by atoms with van der Waals surface area (Å²) in [6, 6.07) is 8.24. The number of hydrogen-bond donors (Lipinski definition) is 1. The first-order valence-electron chi connectivity index (χ1n) is 8.23. The van der Waals surface area contributed by atoms with E-state index < -0.39 is 0 Å². The van der Waals surface area contributed by atoms with E-state index in [9.17, 15) is 0 Å². The van der Waals surface area contributed by atoms with Crippen LogP contribution in [0.5, 0.6) is 5.75 Å². The number of hydrogen-bond acceptors (Lipinski definition) is 3. The van der Waals surface area contributed by atoms with Crippen LogP contribution in [-0.4, -0.2) is 36.7 Å². The minimum Gasteiger partial charge on any atom is -0.493 e. The molecule has 1 aromatic carbocycles. The van der Waals surface area contributed by atoms with Crippen molar-refractivity contribution in [3.05, 3.63) is 28.2 Å². The third kappa shape index (κ3) is 2.73. The first-order chi connectivity index (χ1) is 10.3. The van der Waals surface area contributed by atoms with E-state index in [0.29, 0.717) is 12.1 Å². The van der Waals surface area contributed by atoms with Crippen molar-refractivity contribution in [1.29, 1.82) is 0 Å². The number of benzene rings is 1. The first kappa shape index (κ1) is 14.0. The molecule has 3 heterocycles. The fraction of sp³-hybridized carbons (Fsp3) is 0.647. The summed E-state index contributed by atoms with van der Waals surface area (Å²) in [5, 5.41) is 3.96. The number of nitrogens with one attached hydrogen (secondary N) is 1. The molecule has 0 radical (unpaired) electrons. The lowest BCUT2D eigenvalue weighted by Gasteiger charge is -2.35. The molecule has 1 N–H and O–H groups in total. The van der Waals surface area contributed by atoms with Crippen LogP contribution in [0.3, 0.4) is 0 Å². The van der Waals surface area contributed by atoms with Crippen molar-refractivity contribution < 1.29 is 4.74 Å². The molecule has 3 nitrogen and oxygen atoms in total. The number of ether oxygens (including phenoxy) is 1. The molecule has 3 aliphatic rings. The topological polar surface area (TPSA) is 24.5 Å². The molecule has 0 aliphatic carbocycles. The molecule has 0 amide bonds. The Balaban J connectivity index is 1.52. The van der Waals surface area contributed by atoms with Crippen molar-refractivity contribution in [2.45, 2.75) is 50.2 Å². The third-order valence-corrected chi connectivity index (χ3v) is 5.78. The standard InChI is InChI=1S/C17H23BrN2O/c18-12-4-5-17-13(11-12)14(7-10-21-17)19-15-6-9-20-8-2-1-3-16(15)20/h4-5,11,14-16,19H,1-3,6-10H2. The predicted molar refractivity (Wildman–Crippen MR) is 87.7 cm³/mol. The van der Waals surface area contributed by atoms with Crippen LogP contribution in [0.25, 0.3) is 0 Å². The smallest absolute Gasteiger partial charge is 0.124 e. The summed E-state index contributed by atoms with van der Waals surface area (Å²) < 4.78 is 6.95. The van der Waals surface area contributed by atoms with Gasteiger partial charge in [0.1, 0.15) is 5.75 Å². The Hall–Kier alpha value is -0.580. The van der Waals surface area contributed by atoms with Gasteiger partial charge < -0.3 is 10.1 Å². The van der Waals surface area contributed by atoms with E-state index in [0.717, 1.165) is 29.3 Å². The molecule has 0 aromatic heterocycles. The van der Waals surface area contributed by atoms with Gasteiger partial charge in [-0.1, -0.05) is 22.4 Å². The maximum Gasteiger partial charge on any atom is 0.124 e. The molecule has 0 saturated carbocycles. The highest BCUT2D eigenvalue weighted by Gasteiger charge is 2.37. The molecular weight excluding hydrogens is 328 g/mol. The van der Waals surface area contributed by atoms with Crippen LogP contribution in [0.15, 0.2) is 22.7 Å². The van der Waals surface area contributed by atoms with Gasteiger partial charge in [0.05, 0.1) is 6.61 Å². The molecular formula is C17H23BrN2O. The molecule has 0 bridgehead atoms. The molecule has 0 spiro atoms. The first-order valence-corrected chi connectivity index (χ1v) is 9.03. The fourth-order valence-electron chi connectivity index (χ4n) is 4.24. The second kappa shape index (κ2) is 5.90. The molecule has 2 saturated heterocycles. The van der Waals surface area contributed by atoms with Crippen molar-refractivity contribution in [3.8, 4) is 5.75 Å². The zero-order valence-corrected chi connectivity index (χ0v) is 13.9. The number of piperidine rings is 1. The molecule has 1 aromatic rings. The minimum atomic E-state index is 0.443. The van der Waals surface area contributed by atoms with E-state index >= 15 is 0 Å². The summed E-state index contributed by atoms with van der Waals surface area (Å²) in [6.45, 7) is 3.41. The second-order valence-electron chi connectivity index (χ2n) is 6.53. The van der Waals surface area contributed by atoms with E-state index in [2.05, 4.69) is 44.3 Å². The Labute approximate surface area is 135 Å². The highest BCUT2D eigenvalue weighted by molar-refractivity contribution is 9.10. The van der Waals surface area contributed by atoms with Crippen LogP contribution in [0.2, 0.25) is 0 Å². The van der Waals surface area contributed by atoms with Gasteiger partial charge >= 0.3 is 0 Å². The number of fused-ring (bicyclic) bond motifs is 2. The number of nitrogens with zero attached hydrogens (tertiary/aromatic N) is 1. The van der Waals surface area contributed by atoms with Gasteiger partial charge in [0, 0.05) is 41.1 Å². The predicted octanol–water partition coefficient (Wildman–Crippen LogP) is 3.49. The summed E-state index contributed by atoms with van der Waals surface area (Å²) in [6.07, 6.45) is 6.52. The average molecular weight is 351 g/mol. The lowest BCUT2D eigenvalue weighted by molar-refractivity contribution is 0.169. The highest BCUT2D eigenvalue weighted by Crippen LogP contribution is 2.36. The molecule has 2 fully saturated rings. The normalized spacial score (nSPS) is 32.3. The van der Waals surface area contributed by atoms with Gasteiger partial charge in [-0.2, -0.15) is 0 Å². The minimum absolute atomic E-state index is 0.443. The zero-order valence-electron chi connectivity index (χ0n) is 12.4. The summed E-state index contributed by atoms with van der Waals surface area (Å²) in [4.78, 5) is 2.70. The summed E-state index contributed by atoms with van der Waals surface area (Å²) >= 11 is 3.59. The number of rotatable bonds is 2. The quantitative estimate of drug-likeness (QED) is 0.883. The van der Waals surface area contributed by atoms with Crippen molar-refractivity contribution in [2.75, 3.05) is 19.7 Å². The molecule has 21 heavy (non-hydrogen) atoms.